The number of benzene rings is 3. The Bertz CT molecular complexity index is 2040. The van der Waals surface area contributed by atoms with Crippen LogP contribution in [-0.2, 0) is 52.4 Å². The van der Waals surface area contributed by atoms with Gasteiger partial charge in [0.25, 0.3) is 0 Å². The third-order valence-corrected chi connectivity index (χ3v) is 8.94. The average molecular weight is 824 g/mol. The number of amides is 1. The van der Waals surface area contributed by atoms with Crippen molar-refractivity contribution in [2.45, 2.75) is 70.3 Å². The Morgan fingerprint density at radius 1 is 0.655 bits per heavy atom. The van der Waals surface area contributed by atoms with Crippen molar-refractivity contribution in [3.05, 3.63) is 88.7 Å². The van der Waals surface area contributed by atoms with Crippen molar-refractivity contribution in [1.29, 1.82) is 0 Å². The van der Waals surface area contributed by atoms with Crippen molar-refractivity contribution in [1.82, 2.24) is 4.90 Å². The van der Waals surface area contributed by atoms with E-state index in [0.717, 1.165) is 38.8 Å². The monoisotopic (exact) mass is 823 g/mol. The Labute approximate surface area is 325 Å². The van der Waals surface area contributed by atoms with Gasteiger partial charge in [-0.25, -0.2) is 22.8 Å². The predicted molar refractivity (Wildman–Crippen MR) is 182 cm³/mol. The van der Waals surface area contributed by atoms with Crippen molar-refractivity contribution in [2.24, 2.45) is 0 Å². The number of rotatable bonds is 12. The fourth-order valence-electron chi connectivity index (χ4n) is 6.63. The van der Waals surface area contributed by atoms with E-state index >= 15 is 0 Å². The zero-order valence-corrected chi connectivity index (χ0v) is 30.9. The molecule has 0 unspecified atom stereocenters. The van der Waals surface area contributed by atoms with Crippen LogP contribution in [0.3, 0.4) is 0 Å². The highest BCUT2D eigenvalue weighted by atomic mass is 19.2. The van der Waals surface area contributed by atoms with Gasteiger partial charge in [-0.15, -0.1) is 0 Å². The molecule has 310 valence electrons. The SMILES string of the molecule is CC(=O)OC[C@H]1O[C@@H](N(C(=O)OCC2c3ccccc3-c3ccccc32)[C@@H](CO)C(=O)Oc2c(F)c(F)c(F)c(F)c2F)[C@H](OC(C)=O)[C@@H](OC(C)=O)[C@H]1OC(C)=O. The lowest BCUT2D eigenvalue weighted by molar-refractivity contribution is -0.277. The number of ether oxygens (including phenoxy) is 7. The summed E-state index contributed by atoms with van der Waals surface area (Å²) in [6, 6.07) is 11.6. The summed E-state index contributed by atoms with van der Waals surface area (Å²) in [5.74, 6) is -21.8. The quantitative estimate of drug-likeness (QED) is 0.0689. The summed E-state index contributed by atoms with van der Waals surface area (Å²) >= 11 is 0. The average Bonchev–Trinajstić information content (AvgIpc) is 3.49. The van der Waals surface area contributed by atoms with Crippen LogP contribution in [0.5, 0.6) is 5.75 Å². The van der Waals surface area contributed by atoms with Gasteiger partial charge < -0.3 is 38.3 Å². The minimum absolute atomic E-state index is 0.204. The van der Waals surface area contributed by atoms with Crippen LogP contribution in [0.15, 0.2) is 48.5 Å². The molecule has 3 aromatic carbocycles. The molecule has 0 bridgehead atoms. The second-order valence-corrected chi connectivity index (χ2v) is 12.8. The Morgan fingerprint density at radius 2 is 1.14 bits per heavy atom. The lowest BCUT2D eigenvalue weighted by Gasteiger charge is -2.48. The van der Waals surface area contributed by atoms with Gasteiger partial charge in [-0.3, -0.25) is 24.1 Å². The highest BCUT2D eigenvalue weighted by Gasteiger charge is 2.57. The van der Waals surface area contributed by atoms with Gasteiger partial charge in [0.1, 0.15) is 19.3 Å². The molecule has 3 aromatic rings. The molecule has 1 N–H and O–H groups in total. The van der Waals surface area contributed by atoms with Crippen molar-refractivity contribution in [2.75, 3.05) is 19.8 Å². The molecule has 20 heteroatoms. The van der Waals surface area contributed by atoms with Crippen LogP contribution >= 0.6 is 0 Å². The zero-order valence-electron chi connectivity index (χ0n) is 30.9. The summed E-state index contributed by atoms with van der Waals surface area (Å²) < 4.78 is 109. The summed E-state index contributed by atoms with van der Waals surface area (Å²) in [6.07, 6.45) is -11.5. The first-order valence-corrected chi connectivity index (χ1v) is 17.2. The van der Waals surface area contributed by atoms with Crippen LogP contribution < -0.4 is 4.74 Å². The molecule has 1 aliphatic carbocycles. The number of nitrogens with zero attached hydrogens (tertiary/aromatic N) is 1. The maximum absolute atomic E-state index is 14.7. The second kappa shape index (κ2) is 18.0. The van der Waals surface area contributed by atoms with Gasteiger partial charge >= 0.3 is 35.9 Å². The molecule has 1 heterocycles. The Hall–Kier alpha value is -6.15. The first-order chi connectivity index (χ1) is 27.5. The Balaban J connectivity index is 1.64. The Kier molecular flexibility index (Phi) is 13.3. The first kappa shape index (κ1) is 43.0. The number of esters is 5. The summed E-state index contributed by atoms with van der Waals surface area (Å²) in [4.78, 5) is 77.5. The molecule has 1 aliphatic heterocycles. The molecule has 1 amide bonds. The van der Waals surface area contributed by atoms with Gasteiger partial charge in [-0.1, -0.05) is 48.5 Å². The van der Waals surface area contributed by atoms with E-state index in [4.69, 9.17) is 28.4 Å². The molecule has 0 spiro atoms. The van der Waals surface area contributed by atoms with Crippen LogP contribution in [0.1, 0.15) is 44.7 Å². The number of fused-ring (bicyclic) bond motifs is 3. The van der Waals surface area contributed by atoms with Crippen molar-refractivity contribution < 1.29 is 89.0 Å². The Morgan fingerprint density at radius 3 is 1.64 bits per heavy atom. The van der Waals surface area contributed by atoms with Crippen LogP contribution in [0.4, 0.5) is 26.7 Å². The summed E-state index contributed by atoms with van der Waals surface area (Å²) in [7, 11) is 0. The van der Waals surface area contributed by atoms with Gasteiger partial charge in [0, 0.05) is 33.6 Å². The van der Waals surface area contributed by atoms with E-state index in [1.54, 1.807) is 36.4 Å². The third-order valence-electron chi connectivity index (χ3n) is 8.94. The number of aliphatic hydroxyl groups excluding tert-OH is 1. The number of aliphatic hydroxyl groups is 1. The maximum Gasteiger partial charge on any atom is 0.412 e. The van der Waals surface area contributed by atoms with Crippen LogP contribution in [-0.4, -0.2) is 102 Å². The second-order valence-electron chi connectivity index (χ2n) is 12.8. The van der Waals surface area contributed by atoms with Gasteiger partial charge in [-0.2, -0.15) is 8.78 Å². The standard InChI is InChI=1S/C38H34F5NO14/c1-16(46)52-15-26-32(54-17(2)47)34(55-18(3)48)35(56-19(4)49)36(57-26)44(25(13-45)37(50)58-33-30(42)28(40)27(39)29(41)31(33)43)38(51)53-14-24-22-11-7-5-9-20(22)21-10-6-8-12-23(21)24/h5-12,24-26,32,34-36,45H,13-15H2,1-4H3/t25-,26+,32-,34-,35+,36+/m0/s1. The van der Waals surface area contributed by atoms with Crippen molar-refractivity contribution in [3.63, 3.8) is 0 Å². The fourth-order valence-corrected chi connectivity index (χ4v) is 6.63. The van der Waals surface area contributed by atoms with E-state index in [9.17, 15) is 55.8 Å². The molecule has 0 radical (unpaired) electrons. The lowest BCUT2D eigenvalue weighted by atomic mass is 9.96. The number of carbonyl (C=O) groups excluding carboxylic acids is 6. The molecule has 58 heavy (non-hydrogen) atoms. The molecule has 5 rings (SSSR count). The molecule has 1 saturated heterocycles. The number of hydrogen-bond donors (Lipinski definition) is 1. The van der Waals surface area contributed by atoms with Gasteiger partial charge in [0.15, 0.2) is 30.6 Å². The van der Waals surface area contributed by atoms with Crippen molar-refractivity contribution >= 4 is 35.9 Å². The molecule has 2 aliphatic rings. The molecule has 6 atom stereocenters. The largest absolute Gasteiger partial charge is 0.463 e. The number of halogens is 5. The predicted octanol–water partition coefficient (Wildman–Crippen LogP) is 3.98. The lowest BCUT2D eigenvalue weighted by Crippen LogP contribution is -2.69. The van der Waals surface area contributed by atoms with Crippen LogP contribution in [0.25, 0.3) is 11.1 Å². The molecule has 15 nitrogen and oxygen atoms in total. The van der Waals surface area contributed by atoms with E-state index < -0.39 is 133 Å². The zero-order chi connectivity index (χ0) is 42.6. The highest BCUT2D eigenvalue weighted by molar-refractivity contribution is 5.84. The van der Waals surface area contributed by atoms with E-state index in [2.05, 4.69) is 4.74 Å². The van der Waals surface area contributed by atoms with Gasteiger partial charge in [-0.05, 0) is 22.3 Å². The molecular weight excluding hydrogens is 789 g/mol. The number of hydrogen-bond acceptors (Lipinski definition) is 14. The van der Waals surface area contributed by atoms with E-state index in [-0.39, 0.29) is 4.90 Å². The normalized spacial score (nSPS) is 20.1. The molecule has 0 aromatic heterocycles. The smallest absolute Gasteiger partial charge is 0.412 e. The highest BCUT2D eigenvalue weighted by Crippen LogP contribution is 2.45. The van der Waals surface area contributed by atoms with Crippen LogP contribution in [0, 0.1) is 29.1 Å². The summed E-state index contributed by atoms with van der Waals surface area (Å²) in [5.41, 5.74) is 2.96. The summed E-state index contributed by atoms with van der Waals surface area (Å²) in [6.45, 7) is 0.749. The van der Waals surface area contributed by atoms with Gasteiger partial charge in [0.05, 0.1) is 6.61 Å². The van der Waals surface area contributed by atoms with E-state index in [1.807, 2.05) is 12.1 Å². The molecule has 0 saturated carbocycles. The number of carbonyl (C=O) groups is 6. The van der Waals surface area contributed by atoms with Gasteiger partial charge in [0.2, 0.25) is 34.8 Å². The first-order valence-electron chi connectivity index (χ1n) is 17.2. The van der Waals surface area contributed by atoms with Crippen molar-refractivity contribution in [3.8, 4) is 16.9 Å². The summed E-state index contributed by atoms with van der Waals surface area (Å²) in [5, 5.41) is 10.6. The maximum atomic E-state index is 14.7. The minimum atomic E-state index is -2.59. The van der Waals surface area contributed by atoms with E-state index in [1.165, 1.54) is 0 Å². The third kappa shape index (κ3) is 8.86. The fraction of sp³-hybridized carbons (Fsp3) is 0.368. The molecular formula is C38H34F5NO14. The van der Waals surface area contributed by atoms with Crippen LogP contribution in [0.2, 0.25) is 0 Å². The minimum Gasteiger partial charge on any atom is -0.463 e. The topological polar surface area (TPSA) is 190 Å². The molecule has 1 fully saturated rings. The van der Waals surface area contributed by atoms with E-state index in [0.29, 0.717) is 11.1 Å².